The lowest BCUT2D eigenvalue weighted by atomic mass is 10.1. The van der Waals surface area contributed by atoms with Crippen molar-refractivity contribution in [3.05, 3.63) is 29.3 Å². The fourth-order valence-electron chi connectivity index (χ4n) is 2.24. The van der Waals surface area contributed by atoms with Gasteiger partial charge in [-0.25, -0.2) is 0 Å². The third-order valence-electron chi connectivity index (χ3n) is 3.38. The average Bonchev–Trinajstić information content (AvgIpc) is 2.62. The standard InChI is InChI=1S/C14H15F3N2O3/c15-14(16,17)9-5-8(6-11(20)7-9)13(22)19-10-1-2-12(21)18-4-3-10/h5-7,10,20H,1-4H2,(H,18,21)(H,19,22). The Morgan fingerprint density at radius 1 is 1.27 bits per heavy atom. The van der Waals surface area contributed by atoms with Crippen molar-refractivity contribution < 1.29 is 27.9 Å². The molecule has 1 aliphatic rings. The van der Waals surface area contributed by atoms with Crippen LogP contribution in [0.1, 0.15) is 35.2 Å². The van der Waals surface area contributed by atoms with E-state index in [4.69, 9.17) is 0 Å². The summed E-state index contributed by atoms with van der Waals surface area (Å²) in [5.74, 6) is -1.45. The topological polar surface area (TPSA) is 78.4 Å². The van der Waals surface area contributed by atoms with Crippen molar-refractivity contribution in [3.63, 3.8) is 0 Å². The van der Waals surface area contributed by atoms with Gasteiger partial charge in [-0.2, -0.15) is 13.2 Å². The number of hydrogen-bond donors (Lipinski definition) is 3. The fourth-order valence-corrected chi connectivity index (χ4v) is 2.24. The number of rotatable bonds is 2. The maximum Gasteiger partial charge on any atom is 0.416 e. The zero-order valence-corrected chi connectivity index (χ0v) is 11.5. The molecule has 0 bridgehead atoms. The van der Waals surface area contributed by atoms with Crippen LogP contribution >= 0.6 is 0 Å². The van der Waals surface area contributed by atoms with Gasteiger partial charge in [-0.1, -0.05) is 0 Å². The summed E-state index contributed by atoms with van der Waals surface area (Å²) in [4.78, 5) is 23.2. The van der Waals surface area contributed by atoms with Crippen molar-refractivity contribution in [2.75, 3.05) is 6.54 Å². The quantitative estimate of drug-likeness (QED) is 0.778. The lowest BCUT2D eigenvalue weighted by Gasteiger charge is -2.16. The molecule has 0 aliphatic carbocycles. The summed E-state index contributed by atoms with van der Waals surface area (Å²) in [5.41, 5.74) is -1.36. The zero-order chi connectivity index (χ0) is 16.3. The van der Waals surface area contributed by atoms with Crippen LogP contribution in [0, 0.1) is 0 Å². The van der Waals surface area contributed by atoms with E-state index in [1.54, 1.807) is 0 Å². The van der Waals surface area contributed by atoms with Crippen molar-refractivity contribution in [1.82, 2.24) is 10.6 Å². The van der Waals surface area contributed by atoms with E-state index in [2.05, 4.69) is 10.6 Å². The Morgan fingerprint density at radius 3 is 2.68 bits per heavy atom. The van der Waals surface area contributed by atoms with Gasteiger partial charge in [-0.15, -0.1) is 0 Å². The summed E-state index contributed by atoms with van der Waals surface area (Å²) in [6, 6.07) is 1.92. The number of benzene rings is 1. The molecule has 1 saturated heterocycles. The van der Waals surface area contributed by atoms with Crippen LogP contribution < -0.4 is 10.6 Å². The maximum absolute atomic E-state index is 12.7. The van der Waals surface area contributed by atoms with E-state index in [0.717, 1.165) is 6.07 Å². The summed E-state index contributed by atoms with van der Waals surface area (Å²) in [6.45, 7) is 0.400. The molecule has 0 saturated carbocycles. The number of nitrogens with one attached hydrogen (secondary N) is 2. The van der Waals surface area contributed by atoms with Crippen LogP contribution in [0.15, 0.2) is 18.2 Å². The van der Waals surface area contributed by atoms with Crippen molar-refractivity contribution in [1.29, 1.82) is 0 Å². The molecule has 8 heteroatoms. The summed E-state index contributed by atoms with van der Waals surface area (Å²) >= 11 is 0. The first kappa shape index (κ1) is 16.1. The third kappa shape index (κ3) is 4.12. The second-order valence-corrected chi connectivity index (χ2v) is 5.11. The minimum atomic E-state index is -4.65. The minimum absolute atomic E-state index is 0.117. The monoisotopic (exact) mass is 316 g/mol. The van der Waals surface area contributed by atoms with Crippen molar-refractivity contribution in [2.24, 2.45) is 0 Å². The highest BCUT2D eigenvalue weighted by Gasteiger charge is 2.32. The molecular weight excluding hydrogens is 301 g/mol. The number of aromatic hydroxyl groups is 1. The zero-order valence-electron chi connectivity index (χ0n) is 11.5. The highest BCUT2D eigenvalue weighted by Crippen LogP contribution is 2.32. The first-order chi connectivity index (χ1) is 10.3. The Hall–Kier alpha value is -2.25. The molecule has 1 unspecified atom stereocenters. The molecule has 0 spiro atoms. The Labute approximate surface area is 124 Å². The molecule has 1 aromatic rings. The van der Waals surface area contributed by atoms with Crippen LogP contribution in [0.3, 0.4) is 0 Å². The Morgan fingerprint density at radius 2 is 2.00 bits per heavy atom. The van der Waals surface area contributed by atoms with E-state index in [0.29, 0.717) is 31.5 Å². The van der Waals surface area contributed by atoms with Gasteiger partial charge in [0.15, 0.2) is 0 Å². The van der Waals surface area contributed by atoms with Gasteiger partial charge < -0.3 is 15.7 Å². The van der Waals surface area contributed by atoms with Gasteiger partial charge in [0.25, 0.3) is 5.91 Å². The van der Waals surface area contributed by atoms with E-state index >= 15 is 0 Å². The summed E-state index contributed by atoms with van der Waals surface area (Å²) in [7, 11) is 0. The lowest BCUT2D eigenvalue weighted by molar-refractivity contribution is -0.137. The number of phenols is 1. The van der Waals surface area contributed by atoms with Gasteiger partial charge in [0, 0.05) is 24.6 Å². The predicted molar refractivity (Wildman–Crippen MR) is 71.2 cm³/mol. The van der Waals surface area contributed by atoms with Crippen molar-refractivity contribution in [2.45, 2.75) is 31.5 Å². The maximum atomic E-state index is 12.7. The van der Waals surface area contributed by atoms with E-state index < -0.39 is 23.4 Å². The van der Waals surface area contributed by atoms with Crippen molar-refractivity contribution >= 4 is 11.8 Å². The Bertz CT molecular complexity index is 587. The molecule has 0 radical (unpaired) electrons. The van der Waals surface area contributed by atoms with E-state index in [-0.39, 0.29) is 23.9 Å². The van der Waals surface area contributed by atoms with Gasteiger partial charge in [-0.3, -0.25) is 9.59 Å². The lowest BCUT2D eigenvalue weighted by Crippen LogP contribution is -2.35. The van der Waals surface area contributed by atoms with Gasteiger partial charge in [0.1, 0.15) is 5.75 Å². The van der Waals surface area contributed by atoms with Crippen LogP contribution in [0.25, 0.3) is 0 Å². The van der Waals surface area contributed by atoms with Gasteiger partial charge in [0.2, 0.25) is 5.91 Å². The third-order valence-corrected chi connectivity index (χ3v) is 3.38. The number of carbonyl (C=O) groups is 2. The highest BCUT2D eigenvalue weighted by molar-refractivity contribution is 5.95. The second kappa shape index (κ2) is 6.25. The molecular formula is C14H15F3N2O3. The number of carbonyl (C=O) groups excluding carboxylic acids is 2. The fraction of sp³-hybridized carbons (Fsp3) is 0.429. The molecule has 2 rings (SSSR count). The van der Waals surface area contributed by atoms with E-state index in [1.807, 2.05) is 0 Å². The summed E-state index contributed by atoms with van der Waals surface area (Å²) in [6.07, 6.45) is -3.48. The average molecular weight is 316 g/mol. The molecule has 1 aromatic carbocycles. The van der Waals surface area contributed by atoms with Crippen LogP contribution in [0.2, 0.25) is 0 Å². The SMILES string of the molecule is O=C1CCC(NC(=O)c2cc(O)cc(C(F)(F)F)c2)CCN1. The molecule has 120 valence electrons. The minimum Gasteiger partial charge on any atom is -0.508 e. The first-order valence-corrected chi connectivity index (χ1v) is 6.74. The normalized spacial score (nSPS) is 19.2. The van der Waals surface area contributed by atoms with Gasteiger partial charge in [0.05, 0.1) is 5.56 Å². The number of halogens is 3. The molecule has 3 N–H and O–H groups in total. The van der Waals surface area contributed by atoms with Crippen LogP contribution in [0.5, 0.6) is 5.75 Å². The van der Waals surface area contributed by atoms with E-state index in [1.165, 1.54) is 0 Å². The Kier molecular flexibility index (Phi) is 4.58. The van der Waals surface area contributed by atoms with Crippen LogP contribution in [-0.4, -0.2) is 29.5 Å². The van der Waals surface area contributed by atoms with Crippen molar-refractivity contribution in [3.8, 4) is 5.75 Å². The predicted octanol–water partition coefficient (Wildman–Crippen LogP) is 1.81. The first-order valence-electron chi connectivity index (χ1n) is 6.74. The number of hydrogen-bond acceptors (Lipinski definition) is 3. The smallest absolute Gasteiger partial charge is 0.416 e. The van der Waals surface area contributed by atoms with Crippen LogP contribution in [0.4, 0.5) is 13.2 Å². The Balaban J connectivity index is 2.12. The summed E-state index contributed by atoms with van der Waals surface area (Å²) < 4.78 is 38.0. The number of alkyl halides is 3. The number of amides is 2. The molecule has 22 heavy (non-hydrogen) atoms. The largest absolute Gasteiger partial charge is 0.508 e. The van der Waals surface area contributed by atoms with E-state index in [9.17, 15) is 27.9 Å². The highest BCUT2D eigenvalue weighted by atomic mass is 19.4. The molecule has 1 heterocycles. The molecule has 5 nitrogen and oxygen atoms in total. The molecule has 2 amide bonds. The molecule has 1 atom stereocenters. The summed E-state index contributed by atoms with van der Waals surface area (Å²) in [5, 5.41) is 14.6. The molecule has 1 aliphatic heterocycles. The van der Waals surface area contributed by atoms with Gasteiger partial charge >= 0.3 is 6.18 Å². The van der Waals surface area contributed by atoms with Gasteiger partial charge in [-0.05, 0) is 31.0 Å². The van der Waals surface area contributed by atoms with Crippen LogP contribution in [-0.2, 0) is 11.0 Å². The molecule has 1 fully saturated rings. The second-order valence-electron chi connectivity index (χ2n) is 5.11. The number of phenolic OH excluding ortho intramolecular Hbond substituents is 1. The molecule has 0 aromatic heterocycles.